The van der Waals surface area contributed by atoms with E-state index < -0.39 is 0 Å². The summed E-state index contributed by atoms with van der Waals surface area (Å²) in [7, 11) is 0. The maximum atomic E-state index is 12.5. The Bertz CT molecular complexity index is 905. The molecule has 2 fully saturated rings. The molecule has 2 amide bonds. The number of carbonyl (C=O) groups excluding carboxylic acids is 2. The Morgan fingerprint density at radius 3 is 2.39 bits per heavy atom. The van der Waals surface area contributed by atoms with Gasteiger partial charge in [-0.15, -0.1) is 0 Å². The third-order valence-electron chi connectivity index (χ3n) is 5.97. The minimum Gasteiger partial charge on any atom is -0.484 e. The normalized spacial score (nSPS) is 16.9. The smallest absolute Gasteiger partial charge is 0.260 e. The van der Waals surface area contributed by atoms with Gasteiger partial charge in [0.1, 0.15) is 5.75 Å². The first-order valence-corrected chi connectivity index (χ1v) is 11.3. The Morgan fingerprint density at radius 1 is 1.00 bits per heavy atom. The van der Waals surface area contributed by atoms with Gasteiger partial charge in [0.05, 0.1) is 0 Å². The molecule has 0 aromatic heterocycles. The van der Waals surface area contributed by atoms with E-state index in [1.165, 1.54) is 12.8 Å². The van der Waals surface area contributed by atoms with Gasteiger partial charge in [0.2, 0.25) is 0 Å². The summed E-state index contributed by atoms with van der Waals surface area (Å²) in [6, 6.07) is 15.0. The van der Waals surface area contributed by atoms with Crippen LogP contribution in [0.2, 0.25) is 5.02 Å². The number of hydrogen-bond donors (Lipinski definition) is 1. The molecule has 1 heterocycles. The molecule has 2 aromatic carbocycles. The largest absolute Gasteiger partial charge is 0.484 e. The number of ether oxygens (including phenoxy) is 1. The Hall–Kier alpha value is -2.73. The Labute approximate surface area is 188 Å². The van der Waals surface area contributed by atoms with Gasteiger partial charge < -0.3 is 19.9 Å². The molecule has 1 N–H and O–H groups in total. The molecule has 1 saturated heterocycles. The second-order valence-electron chi connectivity index (χ2n) is 8.12. The topological polar surface area (TPSA) is 61.9 Å². The summed E-state index contributed by atoms with van der Waals surface area (Å²) in [6.45, 7) is 2.81. The van der Waals surface area contributed by atoms with Crippen LogP contribution >= 0.6 is 11.6 Å². The van der Waals surface area contributed by atoms with Gasteiger partial charge in [-0.3, -0.25) is 9.59 Å². The number of benzene rings is 2. The van der Waals surface area contributed by atoms with Crippen molar-refractivity contribution in [3.8, 4) is 5.75 Å². The predicted molar refractivity (Wildman–Crippen MR) is 122 cm³/mol. The standard InChI is InChI=1S/C24H28ClN3O3/c25-19-4-3-7-21(16-19)27-12-14-28(15-13-27)23(29)17-31-22-10-8-18(9-11-22)24(30)26-20-5-1-2-6-20/h3-4,7-11,16,20H,1-2,5-6,12-15,17H2,(H,26,30). The van der Waals surface area contributed by atoms with Crippen molar-refractivity contribution in [1.82, 2.24) is 10.2 Å². The van der Waals surface area contributed by atoms with E-state index in [4.69, 9.17) is 16.3 Å². The van der Waals surface area contributed by atoms with Gasteiger partial charge in [0, 0.05) is 48.5 Å². The van der Waals surface area contributed by atoms with Crippen molar-refractivity contribution in [2.75, 3.05) is 37.7 Å². The predicted octanol–water partition coefficient (Wildman–Crippen LogP) is 3.74. The van der Waals surface area contributed by atoms with E-state index in [1.54, 1.807) is 24.3 Å². The molecule has 1 aliphatic heterocycles. The summed E-state index contributed by atoms with van der Waals surface area (Å²) >= 11 is 6.08. The van der Waals surface area contributed by atoms with E-state index in [0.29, 0.717) is 35.5 Å². The van der Waals surface area contributed by atoms with Gasteiger partial charge in [0.15, 0.2) is 6.61 Å². The van der Waals surface area contributed by atoms with Crippen LogP contribution in [0.15, 0.2) is 48.5 Å². The summed E-state index contributed by atoms with van der Waals surface area (Å²) in [5.74, 6) is 0.504. The highest BCUT2D eigenvalue weighted by atomic mass is 35.5. The van der Waals surface area contributed by atoms with Crippen molar-refractivity contribution in [2.45, 2.75) is 31.7 Å². The minimum atomic E-state index is -0.0490. The van der Waals surface area contributed by atoms with E-state index in [1.807, 2.05) is 29.2 Å². The van der Waals surface area contributed by atoms with E-state index in [0.717, 1.165) is 31.6 Å². The monoisotopic (exact) mass is 441 g/mol. The molecular formula is C24H28ClN3O3. The van der Waals surface area contributed by atoms with Crippen molar-refractivity contribution in [1.29, 1.82) is 0 Å². The zero-order valence-electron chi connectivity index (χ0n) is 17.6. The zero-order valence-corrected chi connectivity index (χ0v) is 18.3. The highest BCUT2D eigenvalue weighted by Gasteiger charge is 2.22. The lowest BCUT2D eigenvalue weighted by molar-refractivity contribution is -0.133. The average Bonchev–Trinajstić information content (AvgIpc) is 3.31. The van der Waals surface area contributed by atoms with Crippen LogP contribution in [-0.2, 0) is 4.79 Å². The summed E-state index contributed by atoms with van der Waals surface area (Å²) in [6.07, 6.45) is 4.48. The minimum absolute atomic E-state index is 0.00914. The van der Waals surface area contributed by atoms with Gasteiger partial charge in [-0.05, 0) is 55.3 Å². The van der Waals surface area contributed by atoms with Gasteiger partial charge in [0.25, 0.3) is 11.8 Å². The number of amides is 2. The SMILES string of the molecule is O=C(NC1CCCC1)c1ccc(OCC(=O)N2CCN(c3cccc(Cl)c3)CC2)cc1. The quantitative estimate of drug-likeness (QED) is 0.741. The maximum absolute atomic E-state index is 12.5. The second-order valence-corrected chi connectivity index (χ2v) is 8.55. The molecule has 1 aliphatic carbocycles. The lowest BCUT2D eigenvalue weighted by Crippen LogP contribution is -2.50. The molecule has 31 heavy (non-hydrogen) atoms. The first-order chi connectivity index (χ1) is 15.1. The third kappa shape index (κ3) is 5.70. The summed E-state index contributed by atoms with van der Waals surface area (Å²) in [4.78, 5) is 28.9. The van der Waals surface area contributed by atoms with Crippen molar-refractivity contribution in [3.63, 3.8) is 0 Å². The van der Waals surface area contributed by atoms with Crippen LogP contribution in [0.4, 0.5) is 5.69 Å². The number of nitrogens with one attached hydrogen (secondary N) is 1. The van der Waals surface area contributed by atoms with Crippen LogP contribution in [0.1, 0.15) is 36.0 Å². The number of halogens is 1. The van der Waals surface area contributed by atoms with Gasteiger partial charge in [-0.1, -0.05) is 30.5 Å². The van der Waals surface area contributed by atoms with Crippen LogP contribution in [0.25, 0.3) is 0 Å². The lowest BCUT2D eigenvalue weighted by Gasteiger charge is -2.36. The summed E-state index contributed by atoms with van der Waals surface area (Å²) in [5.41, 5.74) is 1.69. The molecule has 4 rings (SSSR count). The number of hydrogen-bond acceptors (Lipinski definition) is 4. The third-order valence-corrected chi connectivity index (χ3v) is 6.21. The van der Waals surface area contributed by atoms with Crippen LogP contribution < -0.4 is 15.0 Å². The molecule has 7 heteroatoms. The molecule has 0 atom stereocenters. The Morgan fingerprint density at radius 2 is 1.71 bits per heavy atom. The molecule has 1 saturated carbocycles. The molecule has 6 nitrogen and oxygen atoms in total. The van der Waals surface area contributed by atoms with Crippen LogP contribution in [0, 0.1) is 0 Å². The number of nitrogens with zero attached hydrogens (tertiary/aromatic N) is 2. The summed E-state index contributed by atoms with van der Waals surface area (Å²) in [5, 5.41) is 3.79. The van der Waals surface area contributed by atoms with Gasteiger partial charge in [-0.2, -0.15) is 0 Å². The fourth-order valence-corrected chi connectivity index (χ4v) is 4.35. The van der Waals surface area contributed by atoms with Crippen LogP contribution in [-0.4, -0.2) is 55.5 Å². The maximum Gasteiger partial charge on any atom is 0.260 e. The number of rotatable bonds is 6. The lowest BCUT2D eigenvalue weighted by atomic mass is 10.1. The van der Waals surface area contributed by atoms with Gasteiger partial charge in [-0.25, -0.2) is 0 Å². The Balaban J connectivity index is 1.22. The van der Waals surface area contributed by atoms with Gasteiger partial charge >= 0.3 is 0 Å². The fraction of sp³-hybridized carbons (Fsp3) is 0.417. The van der Waals surface area contributed by atoms with E-state index in [2.05, 4.69) is 10.2 Å². The van der Waals surface area contributed by atoms with Crippen LogP contribution in [0.5, 0.6) is 5.75 Å². The molecule has 0 unspecified atom stereocenters. The zero-order chi connectivity index (χ0) is 21.6. The van der Waals surface area contributed by atoms with E-state index in [-0.39, 0.29) is 18.4 Å². The summed E-state index contributed by atoms with van der Waals surface area (Å²) < 4.78 is 5.66. The molecule has 0 spiro atoms. The fourth-order valence-electron chi connectivity index (χ4n) is 4.16. The molecule has 2 aromatic rings. The highest BCUT2D eigenvalue weighted by molar-refractivity contribution is 6.30. The van der Waals surface area contributed by atoms with Crippen LogP contribution in [0.3, 0.4) is 0 Å². The first-order valence-electron chi connectivity index (χ1n) is 10.9. The number of anilines is 1. The molecule has 2 aliphatic rings. The molecular weight excluding hydrogens is 414 g/mol. The van der Waals surface area contributed by atoms with E-state index >= 15 is 0 Å². The average molecular weight is 442 g/mol. The van der Waals surface area contributed by atoms with Crippen molar-refractivity contribution in [2.24, 2.45) is 0 Å². The van der Waals surface area contributed by atoms with Crippen molar-refractivity contribution >= 4 is 29.1 Å². The van der Waals surface area contributed by atoms with Crippen molar-refractivity contribution < 1.29 is 14.3 Å². The molecule has 0 bridgehead atoms. The molecule has 164 valence electrons. The van der Waals surface area contributed by atoms with E-state index in [9.17, 15) is 9.59 Å². The Kier molecular flexibility index (Phi) is 6.97. The van der Waals surface area contributed by atoms with Crippen molar-refractivity contribution in [3.05, 3.63) is 59.1 Å². The number of piperazine rings is 1. The highest BCUT2D eigenvalue weighted by Crippen LogP contribution is 2.21. The molecule has 0 radical (unpaired) electrons. The number of carbonyl (C=O) groups is 2. The first kappa shape index (κ1) is 21.5. The second kappa shape index (κ2) is 10.1.